The number of carbonyl (C=O) groups excluding carboxylic acids is 1. The maximum Gasteiger partial charge on any atom is 0.335 e. The molecule has 2 aromatic carbocycles. The molecule has 0 fully saturated rings. The van der Waals surface area contributed by atoms with Gasteiger partial charge in [-0.25, -0.2) is 9.59 Å². The minimum Gasteiger partial charge on any atom is -0.478 e. The average Bonchev–Trinajstić information content (AvgIpc) is 2.82. The summed E-state index contributed by atoms with van der Waals surface area (Å²) in [6, 6.07) is 14.4. The van der Waals surface area contributed by atoms with Crippen molar-refractivity contribution in [3.63, 3.8) is 0 Å². The van der Waals surface area contributed by atoms with E-state index in [-0.39, 0.29) is 11.6 Å². The Kier molecular flexibility index (Phi) is 4.79. The summed E-state index contributed by atoms with van der Waals surface area (Å²) in [4.78, 5) is 25.2. The molecule has 2 N–H and O–H groups in total. The molecular formula is C19H20N2O3. The molecule has 124 valence electrons. The van der Waals surface area contributed by atoms with E-state index in [2.05, 4.69) is 11.4 Å². The maximum absolute atomic E-state index is 12.6. The fraction of sp³-hybridized carbons (Fsp3) is 0.263. The first-order chi connectivity index (χ1) is 11.6. The number of para-hydroxylation sites is 1. The van der Waals surface area contributed by atoms with Gasteiger partial charge in [0.05, 0.1) is 5.56 Å². The van der Waals surface area contributed by atoms with Crippen molar-refractivity contribution in [2.45, 2.75) is 25.8 Å². The summed E-state index contributed by atoms with van der Waals surface area (Å²) in [6.07, 6.45) is 3.06. The smallest absolute Gasteiger partial charge is 0.335 e. The molecule has 0 aliphatic carbocycles. The number of carboxylic acids is 1. The van der Waals surface area contributed by atoms with Crippen molar-refractivity contribution in [1.82, 2.24) is 5.32 Å². The van der Waals surface area contributed by atoms with Crippen LogP contribution in [0.15, 0.2) is 48.5 Å². The summed E-state index contributed by atoms with van der Waals surface area (Å²) in [6.45, 7) is 1.08. The van der Waals surface area contributed by atoms with Gasteiger partial charge in [0.2, 0.25) is 0 Å². The van der Waals surface area contributed by atoms with Crippen LogP contribution in [0, 0.1) is 0 Å². The zero-order valence-electron chi connectivity index (χ0n) is 13.4. The van der Waals surface area contributed by atoms with Gasteiger partial charge in [0.25, 0.3) is 0 Å². The van der Waals surface area contributed by atoms with Gasteiger partial charge in [0.1, 0.15) is 0 Å². The van der Waals surface area contributed by atoms with Crippen molar-refractivity contribution in [2.24, 2.45) is 0 Å². The number of amides is 2. The van der Waals surface area contributed by atoms with Crippen LogP contribution in [-0.4, -0.2) is 23.7 Å². The van der Waals surface area contributed by atoms with E-state index >= 15 is 0 Å². The standard InChI is InChI=1S/C19H20N2O3/c22-18(23)16-10-8-14(9-11-16)13-20-19(24)21-12-4-3-6-15-5-1-2-7-17(15)21/h1-2,5,7-11H,3-4,6,12-13H2,(H,20,24)(H,22,23). The van der Waals surface area contributed by atoms with Crippen molar-refractivity contribution >= 4 is 17.7 Å². The highest BCUT2D eigenvalue weighted by atomic mass is 16.4. The molecule has 0 saturated heterocycles. The normalized spacial score (nSPS) is 13.8. The average molecular weight is 324 g/mol. The number of urea groups is 1. The van der Waals surface area contributed by atoms with Gasteiger partial charge in [0, 0.05) is 18.8 Å². The number of rotatable bonds is 3. The first kappa shape index (κ1) is 16.1. The van der Waals surface area contributed by atoms with Crippen LogP contribution >= 0.6 is 0 Å². The maximum atomic E-state index is 12.6. The molecule has 2 amide bonds. The van der Waals surface area contributed by atoms with Crippen LogP contribution in [0.2, 0.25) is 0 Å². The third-order valence-corrected chi connectivity index (χ3v) is 4.25. The second-order valence-corrected chi connectivity index (χ2v) is 5.90. The predicted octanol–water partition coefficient (Wildman–Crippen LogP) is 3.44. The molecule has 0 aromatic heterocycles. The number of hydrogen-bond donors (Lipinski definition) is 2. The lowest BCUT2D eigenvalue weighted by atomic mass is 10.1. The van der Waals surface area contributed by atoms with Gasteiger partial charge in [-0.2, -0.15) is 0 Å². The van der Waals surface area contributed by atoms with E-state index in [0.717, 1.165) is 30.5 Å². The zero-order valence-corrected chi connectivity index (χ0v) is 13.4. The number of fused-ring (bicyclic) bond motifs is 1. The summed E-state index contributed by atoms with van der Waals surface area (Å²) in [5.41, 5.74) is 3.30. The number of carboxylic acid groups (broad SMARTS) is 1. The zero-order chi connectivity index (χ0) is 16.9. The molecule has 1 heterocycles. The summed E-state index contributed by atoms with van der Waals surface area (Å²) in [5, 5.41) is 11.8. The molecule has 24 heavy (non-hydrogen) atoms. The van der Waals surface area contributed by atoms with E-state index in [1.807, 2.05) is 18.2 Å². The second-order valence-electron chi connectivity index (χ2n) is 5.90. The Labute approximate surface area is 140 Å². The van der Waals surface area contributed by atoms with E-state index in [0.29, 0.717) is 13.1 Å². The number of nitrogens with one attached hydrogen (secondary N) is 1. The van der Waals surface area contributed by atoms with Crippen LogP contribution in [0.3, 0.4) is 0 Å². The van der Waals surface area contributed by atoms with E-state index in [1.54, 1.807) is 29.2 Å². The van der Waals surface area contributed by atoms with Crippen LogP contribution < -0.4 is 10.2 Å². The largest absolute Gasteiger partial charge is 0.478 e. The molecule has 0 bridgehead atoms. The number of aryl methyl sites for hydroxylation is 1. The molecule has 5 heteroatoms. The molecule has 0 radical (unpaired) electrons. The lowest BCUT2D eigenvalue weighted by Gasteiger charge is -2.23. The van der Waals surface area contributed by atoms with Crippen LogP contribution in [0.1, 0.15) is 34.3 Å². The monoisotopic (exact) mass is 324 g/mol. The molecule has 0 saturated carbocycles. The fourth-order valence-electron chi connectivity index (χ4n) is 2.94. The lowest BCUT2D eigenvalue weighted by molar-refractivity contribution is 0.0697. The predicted molar refractivity (Wildman–Crippen MR) is 92.4 cm³/mol. The van der Waals surface area contributed by atoms with Gasteiger partial charge in [-0.05, 0) is 48.6 Å². The minimum absolute atomic E-state index is 0.119. The summed E-state index contributed by atoms with van der Waals surface area (Å²) < 4.78 is 0. The molecule has 0 spiro atoms. The number of anilines is 1. The summed E-state index contributed by atoms with van der Waals surface area (Å²) >= 11 is 0. The van der Waals surface area contributed by atoms with Crippen molar-refractivity contribution in [3.05, 3.63) is 65.2 Å². The van der Waals surface area contributed by atoms with Gasteiger partial charge < -0.3 is 10.4 Å². The SMILES string of the molecule is O=C(O)c1ccc(CNC(=O)N2CCCCc3ccccc32)cc1. The topological polar surface area (TPSA) is 69.6 Å². The van der Waals surface area contributed by atoms with Crippen LogP contribution in [0.5, 0.6) is 0 Å². The Morgan fingerprint density at radius 2 is 1.79 bits per heavy atom. The third kappa shape index (κ3) is 3.56. The third-order valence-electron chi connectivity index (χ3n) is 4.25. The quantitative estimate of drug-likeness (QED) is 0.908. The highest BCUT2D eigenvalue weighted by molar-refractivity contribution is 5.93. The van der Waals surface area contributed by atoms with Crippen molar-refractivity contribution in [1.29, 1.82) is 0 Å². The van der Waals surface area contributed by atoms with Crippen LogP contribution in [0.25, 0.3) is 0 Å². The number of carbonyl (C=O) groups is 2. The van der Waals surface area contributed by atoms with Crippen molar-refractivity contribution in [3.8, 4) is 0 Å². The molecule has 0 unspecified atom stereocenters. The Morgan fingerprint density at radius 1 is 1.04 bits per heavy atom. The molecule has 2 aromatic rings. The fourth-order valence-corrected chi connectivity index (χ4v) is 2.94. The van der Waals surface area contributed by atoms with Crippen molar-refractivity contribution in [2.75, 3.05) is 11.4 Å². The summed E-state index contributed by atoms with van der Waals surface area (Å²) in [5.74, 6) is -0.952. The Balaban J connectivity index is 1.67. The first-order valence-electron chi connectivity index (χ1n) is 8.10. The molecule has 1 aliphatic rings. The highest BCUT2D eigenvalue weighted by Gasteiger charge is 2.20. The van der Waals surface area contributed by atoms with Crippen molar-refractivity contribution < 1.29 is 14.7 Å². The van der Waals surface area contributed by atoms with Gasteiger partial charge in [-0.15, -0.1) is 0 Å². The Hall–Kier alpha value is -2.82. The van der Waals surface area contributed by atoms with E-state index in [9.17, 15) is 9.59 Å². The van der Waals surface area contributed by atoms with E-state index in [4.69, 9.17) is 5.11 Å². The van der Waals surface area contributed by atoms with Gasteiger partial charge in [0.15, 0.2) is 0 Å². The van der Waals surface area contributed by atoms with Gasteiger partial charge in [-0.3, -0.25) is 4.90 Å². The molecule has 0 atom stereocenters. The molecular weight excluding hydrogens is 304 g/mol. The number of benzene rings is 2. The van der Waals surface area contributed by atoms with Gasteiger partial charge in [-0.1, -0.05) is 30.3 Å². The number of nitrogens with zero attached hydrogens (tertiary/aromatic N) is 1. The second kappa shape index (κ2) is 7.17. The van der Waals surface area contributed by atoms with Gasteiger partial charge >= 0.3 is 12.0 Å². The number of hydrogen-bond acceptors (Lipinski definition) is 2. The van der Waals surface area contributed by atoms with Crippen LogP contribution in [-0.2, 0) is 13.0 Å². The Bertz CT molecular complexity index is 741. The minimum atomic E-state index is -0.952. The molecule has 5 nitrogen and oxygen atoms in total. The van der Waals surface area contributed by atoms with E-state index < -0.39 is 5.97 Å². The molecule has 3 rings (SSSR count). The van der Waals surface area contributed by atoms with E-state index in [1.165, 1.54) is 5.56 Å². The number of aromatic carboxylic acids is 1. The van der Waals surface area contributed by atoms with Crippen LogP contribution in [0.4, 0.5) is 10.5 Å². The first-order valence-corrected chi connectivity index (χ1v) is 8.10. The lowest BCUT2D eigenvalue weighted by Crippen LogP contribution is -2.40. The Morgan fingerprint density at radius 3 is 2.54 bits per heavy atom. The highest BCUT2D eigenvalue weighted by Crippen LogP contribution is 2.26. The molecule has 1 aliphatic heterocycles. The summed E-state index contributed by atoms with van der Waals surface area (Å²) in [7, 11) is 0.